The fourth-order valence-corrected chi connectivity index (χ4v) is 2.80. The van der Waals surface area contributed by atoms with Crippen LogP contribution < -0.4 is 5.43 Å². The van der Waals surface area contributed by atoms with Crippen LogP contribution in [0.25, 0.3) is 10.8 Å². The average molecular weight is 339 g/mol. The van der Waals surface area contributed by atoms with Crippen molar-refractivity contribution >= 4 is 28.5 Å². The summed E-state index contributed by atoms with van der Waals surface area (Å²) in [6, 6.07) is 16.6. The summed E-state index contributed by atoms with van der Waals surface area (Å²) in [5.41, 5.74) is 4.59. The summed E-state index contributed by atoms with van der Waals surface area (Å²) in [6.45, 7) is 0. The van der Waals surface area contributed by atoms with Crippen LogP contribution in [0.5, 0.6) is 0 Å². The predicted molar refractivity (Wildman–Crippen MR) is 92.3 cm³/mol. The van der Waals surface area contributed by atoms with Crippen molar-refractivity contribution in [3.63, 3.8) is 0 Å². The first-order chi connectivity index (χ1) is 12.0. The molecule has 0 atom stereocenters. The van der Waals surface area contributed by atoms with E-state index in [0.717, 1.165) is 34.2 Å². The molecule has 0 amide bonds. The molecule has 0 aliphatic carbocycles. The Labute approximate surface area is 141 Å². The summed E-state index contributed by atoms with van der Waals surface area (Å²) in [7, 11) is 0. The number of alkyl halides is 3. The Bertz CT molecular complexity index is 997. The highest BCUT2D eigenvalue weighted by molar-refractivity contribution is 6.18. The number of benzene rings is 3. The number of nitrogens with one attached hydrogen (secondary N) is 1. The van der Waals surface area contributed by atoms with Gasteiger partial charge in [-0.1, -0.05) is 42.5 Å². The molecule has 3 nitrogen and oxygen atoms in total. The molecule has 0 saturated heterocycles. The van der Waals surface area contributed by atoms with Crippen LogP contribution in [0.4, 0.5) is 18.9 Å². The fourth-order valence-electron chi connectivity index (χ4n) is 2.80. The molecule has 0 saturated carbocycles. The Morgan fingerprint density at radius 1 is 0.920 bits per heavy atom. The van der Waals surface area contributed by atoms with Crippen molar-refractivity contribution in [2.45, 2.75) is 6.18 Å². The van der Waals surface area contributed by atoms with Crippen LogP contribution in [0.1, 0.15) is 16.7 Å². The molecule has 124 valence electrons. The van der Waals surface area contributed by atoms with Crippen molar-refractivity contribution in [3.8, 4) is 0 Å². The predicted octanol–water partition coefficient (Wildman–Crippen LogP) is 4.87. The Kier molecular flexibility index (Phi) is 3.53. The zero-order valence-corrected chi connectivity index (χ0v) is 12.9. The van der Waals surface area contributed by atoms with E-state index in [1.165, 1.54) is 18.3 Å². The normalized spacial score (nSPS) is 13.5. The summed E-state index contributed by atoms with van der Waals surface area (Å²) in [5.74, 6) is 0.620. The van der Waals surface area contributed by atoms with Gasteiger partial charge in [-0.3, -0.25) is 5.43 Å². The zero-order chi connectivity index (χ0) is 17.4. The molecule has 1 aliphatic rings. The van der Waals surface area contributed by atoms with Crippen LogP contribution in [0, 0.1) is 0 Å². The van der Waals surface area contributed by atoms with Gasteiger partial charge in [0.25, 0.3) is 0 Å². The summed E-state index contributed by atoms with van der Waals surface area (Å²) in [4.78, 5) is 4.52. The monoisotopic (exact) mass is 339 g/mol. The Balaban J connectivity index is 1.53. The lowest BCUT2D eigenvalue weighted by atomic mass is 10.0. The molecule has 0 unspecified atom stereocenters. The molecule has 3 aromatic carbocycles. The summed E-state index contributed by atoms with van der Waals surface area (Å²) in [5, 5.41) is 6.26. The van der Waals surface area contributed by atoms with Crippen molar-refractivity contribution in [1.82, 2.24) is 5.43 Å². The molecule has 0 bridgehead atoms. The van der Waals surface area contributed by atoms with Crippen LogP contribution in [-0.4, -0.2) is 12.1 Å². The molecule has 0 fully saturated rings. The second-order valence-electron chi connectivity index (χ2n) is 5.63. The SMILES string of the molecule is FC(F)(F)c1ccc(/C=N\NC2=Nc3cccc4cccc2c34)cc1. The lowest BCUT2D eigenvalue weighted by molar-refractivity contribution is -0.137. The minimum absolute atomic E-state index is 0.565. The molecule has 0 aromatic heterocycles. The molecule has 0 spiro atoms. The number of hydrazone groups is 1. The van der Waals surface area contributed by atoms with Gasteiger partial charge in [0.2, 0.25) is 0 Å². The van der Waals surface area contributed by atoms with Crippen molar-refractivity contribution < 1.29 is 13.2 Å². The molecule has 0 radical (unpaired) electrons. The standard InChI is InChI=1S/C19H12F3N3/c20-19(21,22)14-9-7-12(8-10-14)11-23-25-18-15-5-1-3-13-4-2-6-16(24-18)17(13)15/h1-11H,(H,24,25)/b23-11-. The van der Waals surface area contributed by atoms with Crippen LogP contribution >= 0.6 is 0 Å². The second kappa shape index (κ2) is 5.73. The number of halogens is 3. The minimum atomic E-state index is -4.34. The average Bonchev–Trinajstić information content (AvgIpc) is 2.95. The summed E-state index contributed by atoms with van der Waals surface area (Å²) in [6.07, 6.45) is -2.87. The van der Waals surface area contributed by atoms with Gasteiger partial charge in [-0.05, 0) is 29.1 Å². The number of rotatable bonds is 2. The van der Waals surface area contributed by atoms with E-state index >= 15 is 0 Å². The number of hydrogen-bond donors (Lipinski definition) is 1. The first kappa shape index (κ1) is 15.4. The van der Waals surface area contributed by atoms with Gasteiger partial charge >= 0.3 is 6.18 Å². The highest BCUT2D eigenvalue weighted by atomic mass is 19.4. The van der Waals surface area contributed by atoms with E-state index in [9.17, 15) is 13.2 Å². The molecule has 1 heterocycles. The Morgan fingerprint density at radius 2 is 1.64 bits per heavy atom. The number of hydrogen-bond acceptors (Lipinski definition) is 3. The maximum Gasteiger partial charge on any atom is 0.416 e. The van der Waals surface area contributed by atoms with E-state index in [1.54, 1.807) is 0 Å². The van der Waals surface area contributed by atoms with Gasteiger partial charge in [-0.15, -0.1) is 0 Å². The zero-order valence-electron chi connectivity index (χ0n) is 12.9. The molecule has 6 heteroatoms. The van der Waals surface area contributed by atoms with Crippen molar-refractivity contribution in [1.29, 1.82) is 0 Å². The van der Waals surface area contributed by atoms with Crippen LogP contribution in [-0.2, 0) is 6.18 Å². The second-order valence-corrected chi connectivity index (χ2v) is 5.63. The molecule has 4 rings (SSSR count). The third-order valence-electron chi connectivity index (χ3n) is 3.99. The Morgan fingerprint density at radius 3 is 2.36 bits per heavy atom. The van der Waals surface area contributed by atoms with Crippen molar-refractivity contribution in [2.24, 2.45) is 10.1 Å². The highest BCUT2D eigenvalue weighted by Crippen LogP contribution is 2.34. The smallest absolute Gasteiger partial charge is 0.261 e. The van der Waals surface area contributed by atoms with Gasteiger partial charge < -0.3 is 0 Å². The number of nitrogens with zero attached hydrogens (tertiary/aromatic N) is 2. The minimum Gasteiger partial charge on any atom is -0.261 e. The largest absolute Gasteiger partial charge is 0.416 e. The topological polar surface area (TPSA) is 36.8 Å². The van der Waals surface area contributed by atoms with E-state index in [4.69, 9.17) is 0 Å². The number of amidine groups is 1. The number of aliphatic imine (C=N–C) groups is 1. The van der Waals surface area contributed by atoms with E-state index in [-0.39, 0.29) is 0 Å². The van der Waals surface area contributed by atoms with Gasteiger partial charge in [-0.2, -0.15) is 18.3 Å². The molecule has 1 N–H and O–H groups in total. The van der Waals surface area contributed by atoms with E-state index in [0.29, 0.717) is 11.4 Å². The van der Waals surface area contributed by atoms with E-state index in [1.807, 2.05) is 36.4 Å². The van der Waals surface area contributed by atoms with E-state index < -0.39 is 11.7 Å². The molecule has 3 aromatic rings. The Hall–Kier alpha value is -3.15. The third kappa shape index (κ3) is 2.87. The third-order valence-corrected chi connectivity index (χ3v) is 3.99. The highest BCUT2D eigenvalue weighted by Gasteiger charge is 2.29. The maximum absolute atomic E-state index is 12.6. The lowest BCUT2D eigenvalue weighted by Gasteiger charge is -2.06. The molecule has 1 aliphatic heterocycles. The van der Waals surface area contributed by atoms with Crippen LogP contribution in [0.15, 0.2) is 70.8 Å². The summed E-state index contributed by atoms with van der Waals surface area (Å²) < 4.78 is 37.7. The molecular formula is C19H12F3N3. The lowest BCUT2D eigenvalue weighted by Crippen LogP contribution is -2.17. The first-order valence-electron chi connectivity index (χ1n) is 7.59. The first-order valence-corrected chi connectivity index (χ1v) is 7.59. The van der Waals surface area contributed by atoms with Gasteiger partial charge in [0.1, 0.15) is 0 Å². The van der Waals surface area contributed by atoms with Gasteiger partial charge in [0.15, 0.2) is 5.84 Å². The van der Waals surface area contributed by atoms with Gasteiger partial charge in [0, 0.05) is 10.9 Å². The quantitative estimate of drug-likeness (QED) is 0.525. The van der Waals surface area contributed by atoms with Crippen LogP contribution in [0.3, 0.4) is 0 Å². The summed E-state index contributed by atoms with van der Waals surface area (Å²) >= 11 is 0. The van der Waals surface area contributed by atoms with E-state index in [2.05, 4.69) is 15.5 Å². The van der Waals surface area contributed by atoms with Gasteiger partial charge in [0.05, 0.1) is 17.5 Å². The van der Waals surface area contributed by atoms with Crippen LogP contribution in [0.2, 0.25) is 0 Å². The fraction of sp³-hybridized carbons (Fsp3) is 0.0526. The molecular weight excluding hydrogens is 327 g/mol. The maximum atomic E-state index is 12.6. The van der Waals surface area contributed by atoms with Crippen molar-refractivity contribution in [3.05, 3.63) is 77.4 Å². The van der Waals surface area contributed by atoms with Crippen molar-refractivity contribution in [2.75, 3.05) is 0 Å². The molecule has 25 heavy (non-hydrogen) atoms. The van der Waals surface area contributed by atoms with Gasteiger partial charge in [-0.25, -0.2) is 4.99 Å².